The molecule has 0 aromatic heterocycles. The molecule has 0 aliphatic heterocycles. The summed E-state index contributed by atoms with van der Waals surface area (Å²) in [6.45, 7) is 9.02. The monoisotopic (exact) mass is 183 g/mol. The summed E-state index contributed by atoms with van der Waals surface area (Å²) in [5.41, 5.74) is 1.61. The Morgan fingerprint density at radius 1 is 1.31 bits per heavy atom. The van der Waals surface area contributed by atoms with Crippen LogP contribution in [0.15, 0.2) is 5.16 Å². The molecule has 1 rings (SSSR count). The van der Waals surface area contributed by atoms with Crippen LogP contribution in [-0.2, 0) is 0 Å². The molecule has 1 unspecified atom stereocenters. The zero-order chi connectivity index (χ0) is 10.1. The van der Waals surface area contributed by atoms with Gasteiger partial charge in [0.2, 0.25) is 0 Å². The molecule has 1 N–H and O–H groups in total. The second kappa shape index (κ2) is 3.32. The summed E-state index contributed by atoms with van der Waals surface area (Å²) < 4.78 is 0. The summed E-state index contributed by atoms with van der Waals surface area (Å²) in [7, 11) is 0. The smallest absolute Gasteiger partial charge is 0.0581 e. The Bertz CT molecular complexity index is 220. The van der Waals surface area contributed by atoms with E-state index in [1.807, 2.05) is 0 Å². The molecular weight excluding hydrogens is 162 g/mol. The van der Waals surface area contributed by atoms with Crippen LogP contribution in [0.3, 0.4) is 0 Å². The van der Waals surface area contributed by atoms with Crippen molar-refractivity contribution < 1.29 is 5.21 Å². The lowest BCUT2D eigenvalue weighted by Crippen LogP contribution is -2.35. The van der Waals surface area contributed by atoms with Gasteiger partial charge in [-0.15, -0.1) is 0 Å². The summed E-state index contributed by atoms with van der Waals surface area (Å²) >= 11 is 0. The highest BCUT2D eigenvalue weighted by Gasteiger charge is 2.38. The minimum absolute atomic E-state index is 0.296. The van der Waals surface area contributed by atoms with Crippen LogP contribution >= 0.6 is 0 Å². The number of oxime groups is 1. The molecule has 0 saturated heterocycles. The van der Waals surface area contributed by atoms with Crippen LogP contribution in [0.4, 0.5) is 0 Å². The normalized spacial score (nSPS) is 36.5. The SMILES string of the molecule is CCC1(C)C/C(=N\O)CC(C)(C)C1. The highest BCUT2D eigenvalue weighted by atomic mass is 16.4. The molecule has 0 amide bonds. The average Bonchev–Trinajstić information content (AvgIpc) is 2.01. The van der Waals surface area contributed by atoms with E-state index in [4.69, 9.17) is 5.21 Å². The summed E-state index contributed by atoms with van der Waals surface area (Å²) in [6, 6.07) is 0. The molecule has 0 aromatic rings. The van der Waals surface area contributed by atoms with Crippen molar-refractivity contribution in [1.29, 1.82) is 0 Å². The maximum absolute atomic E-state index is 8.84. The molecule has 0 spiro atoms. The fraction of sp³-hybridized carbons (Fsp3) is 0.909. The van der Waals surface area contributed by atoms with Crippen LogP contribution in [0, 0.1) is 10.8 Å². The number of rotatable bonds is 1. The number of hydrogen-bond donors (Lipinski definition) is 1. The minimum atomic E-state index is 0.296. The molecule has 0 bridgehead atoms. The van der Waals surface area contributed by atoms with Gasteiger partial charge in [-0.05, 0) is 30.1 Å². The Labute approximate surface area is 81.0 Å². The Balaban J connectivity index is 2.83. The van der Waals surface area contributed by atoms with Gasteiger partial charge in [0.1, 0.15) is 0 Å². The van der Waals surface area contributed by atoms with Crippen LogP contribution in [0.2, 0.25) is 0 Å². The summed E-state index contributed by atoms with van der Waals surface area (Å²) in [5.74, 6) is 0. The van der Waals surface area contributed by atoms with E-state index in [-0.39, 0.29) is 0 Å². The second-order valence-electron chi connectivity index (χ2n) is 5.52. The first-order chi connectivity index (χ1) is 5.91. The fourth-order valence-corrected chi connectivity index (χ4v) is 2.71. The van der Waals surface area contributed by atoms with Crippen molar-refractivity contribution in [2.45, 2.75) is 53.4 Å². The third-order valence-corrected chi connectivity index (χ3v) is 3.21. The fourth-order valence-electron chi connectivity index (χ4n) is 2.71. The van der Waals surface area contributed by atoms with Crippen LogP contribution in [-0.4, -0.2) is 10.9 Å². The topological polar surface area (TPSA) is 32.6 Å². The molecule has 1 aliphatic rings. The van der Waals surface area contributed by atoms with Crippen LogP contribution in [0.1, 0.15) is 53.4 Å². The van der Waals surface area contributed by atoms with Crippen molar-refractivity contribution in [3.05, 3.63) is 0 Å². The van der Waals surface area contributed by atoms with Gasteiger partial charge in [-0.3, -0.25) is 0 Å². The minimum Gasteiger partial charge on any atom is -0.411 e. The zero-order valence-electron chi connectivity index (χ0n) is 9.22. The standard InChI is InChI=1S/C11H21NO/c1-5-11(4)7-9(12-13)6-10(2,3)8-11/h13H,5-8H2,1-4H3/b12-9-. The zero-order valence-corrected chi connectivity index (χ0v) is 9.22. The van der Waals surface area contributed by atoms with Gasteiger partial charge in [0.25, 0.3) is 0 Å². The first-order valence-corrected chi connectivity index (χ1v) is 5.11. The molecule has 1 atom stereocenters. The van der Waals surface area contributed by atoms with Gasteiger partial charge in [-0.25, -0.2) is 0 Å². The van der Waals surface area contributed by atoms with E-state index in [2.05, 4.69) is 32.9 Å². The van der Waals surface area contributed by atoms with Crippen molar-refractivity contribution in [1.82, 2.24) is 0 Å². The van der Waals surface area contributed by atoms with Gasteiger partial charge in [-0.1, -0.05) is 39.3 Å². The van der Waals surface area contributed by atoms with Crippen molar-refractivity contribution in [3.8, 4) is 0 Å². The first-order valence-electron chi connectivity index (χ1n) is 5.11. The van der Waals surface area contributed by atoms with Gasteiger partial charge in [-0.2, -0.15) is 0 Å². The van der Waals surface area contributed by atoms with E-state index in [1.54, 1.807) is 0 Å². The molecule has 2 heteroatoms. The number of nitrogens with zero attached hydrogens (tertiary/aromatic N) is 1. The molecule has 0 heterocycles. The van der Waals surface area contributed by atoms with Gasteiger partial charge in [0.15, 0.2) is 0 Å². The Morgan fingerprint density at radius 3 is 2.38 bits per heavy atom. The van der Waals surface area contributed by atoms with Gasteiger partial charge >= 0.3 is 0 Å². The maximum atomic E-state index is 8.84. The van der Waals surface area contributed by atoms with Crippen LogP contribution in [0.5, 0.6) is 0 Å². The molecule has 1 fully saturated rings. The third-order valence-electron chi connectivity index (χ3n) is 3.21. The Kier molecular flexibility index (Phi) is 2.69. The second-order valence-corrected chi connectivity index (χ2v) is 5.52. The van der Waals surface area contributed by atoms with E-state index < -0.39 is 0 Å². The lowest BCUT2D eigenvalue weighted by atomic mass is 9.63. The highest BCUT2D eigenvalue weighted by molar-refractivity contribution is 5.85. The maximum Gasteiger partial charge on any atom is 0.0581 e. The van der Waals surface area contributed by atoms with Crippen molar-refractivity contribution in [3.63, 3.8) is 0 Å². The lowest BCUT2D eigenvalue weighted by Gasteiger charge is -2.42. The quantitative estimate of drug-likeness (QED) is 0.490. The van der Waals surface area contributed by atoms with E-state index in [0.29, 0.717) is 10.8 Å². The summed E-state index contributed by atoms with van der Waals surface area (Å²) in [5, 5.41) is 12.2. The lowest BCUT2D eigenvalue weighted by molar-refractivity contribution is 0.152. The van der Waals surface area contributed by atoms with Crippen LogP contribution < -0.4 is 0 Å². The molecule has 13 heavy (non-hydrogen) atoms. The van der Waals surface area contributed by atoms with Crippen molar-refractivity contribution in [2.24, 2.45) is 16.0 Å². The Hall–Kier alpha value is -0.530. The van der Waals surface area contributed by atoms with Gasteiger partial charge in [0.05, 0.1) is 5.71 Å². The summed E-state index contributed by atoms with van der Waals surface area (Å²) in [6.07, 6.45) is 4.30. The van der Waals surface area contributed by atoms with E-state index in [0.717, 1.165) is 25.0 Å². The van der Waals surface area contributed by atoms with E-state index >= 15 is 0 Å². The molecule has 76 valence electrons. The van der Waals surface area contributed by atoms with Crippen molar-refractivity contribution >= 4 is 5.71 Å². The van der Waals surface area contributed by atoms with Crippen LogP contribution in [0.25, 0.3) is 0 Å². The largest absolute Gasteiger partial charge is 0.411 e. The molecule has 1 saturated carbocycles. The van der Waals surface area contributed by atoms with Gasteiger partial charge < -0.3 is 5.21 Å². The highest BCUT2D eigenvalue weighted by Crippen LogP contribution is 2.46. The average molecular weight is 183 g/mol. The van der Waals surface area contributed by atoms with E-state index in [9.17, 15) is 0 Å². The predicted octanol–water partition coefficient (Wildman–Crippen LogP) is 3.44. The first kappa shape index (κ1) is 10.6. The molecule has 2 nitrogen and oxygen atoms in total. The van der Waals surface area contributed by atoms with E-state index in [1.165, 1.54) is 6.42 Å². The molecule has 0 aromatic carbocycles. The van der Waals surface area contributed by atoms with Crippen molar-refractivity contribution in [2.75, 3.05) is 0 Å². The molecule has 0 radical (unpaired) electrons. The van der Waals surface area contributed by atoms with Gasteiger partial charge in [0, 0.05) is 0 Å². The summed E-state index contributed by atoms with van der Waals surface area (Å²) in [4.78, 5) is 0. The molecule has 1 aliphatic carbocycles. The number of hydrogen-bond acceptors (Lipinski definition) is 2. The third kappa shape index (κ3) is 2.45. The Morgan fingerprint density at radius 2 is 1.92 bits per heavy atom. The molecular formula is C11H21NO. The predicted molar refractivity (Wildman–Crippen MR) is 55.3 cm³/mol.